The van der Waals surface area contributed by atoms with Crippen molar-refractivity contribution < 1.29 is 29.0 Å². The van der Waals surface area contributed by atoms with E-state index >= 15 is 0 Å². The second-order valence-corrected chi connectivity index (χ2v) is 11.4. The summed E-state index contributed by atoms with van der Waals surface area (Å²) in [6.07, 6.45) is 6.52. The molecule has 5 rings (SSSR count). The molecule has 1 saturated heterocycles. The van der Waals surface area contributed by atoms with Crippen molar-refractivity contribution >= 4 is 23.5 Å². The molecule has 0 radical (unpaired) electrons. The van der Waals surface area contributed by atoms with Gasteiger partial charge in [0.25, 0.3) is 5.97 Å². The topological polar surface area (TPSA) is 99.6 Å². The first-order chi connectivity index (χ1) is 20.3. The molecule has 9 nitrogen and oxygen atoms in total. The molecule has 2 unspecified atom stereocenters. The molecule has 0 saturated carbocycles. The van der Waals surface area contributed by atoms with Crippen LogP contribution in [-0.4, -0.2) is 78.2 Å². The number of aliphatic carboxylic acids is 1. The summed E-state index contributed by atoms with van der Waals surface area (Å²) in [6, 6.07) is 14.6. The molecule has 3 aliphatic rings. The first kappa shape index (κ1) is 31.3. The third-order valence-corrected chi connectivity index (χ3v) is 8.26. The zero-order valence-electron chi connectivity index (χ0n) is 25.2. The highest BCUT2D eigenvalue weighted by Crippen LogP contribution is 2.39. The van der Waals surface area contributed by atoms with Gasteiger partial charge in [0.05, 0.1) is 13.0 Å². The number of carboxylic acids is 1. The van der Waals surface area contributed by atoms with Gasteiger partial charge in [0, 0.05) is 44.8 Å². The number of likely N-dealkylation sites (tertiary alicyclic amines) is 1. The van der Waals surface area contributed by atoms with Crippen molar-refractivity contribution in [1.29, 1.82) is 0 Å². The van der Waals surface area contributed by atoms with Crippen LogP contribution in [0, 0.1) is 0 Å². The number of anilines is 1. The van der Waals surface area contributed by atoms with E-state index in [1.165, 1.54) is 5.56 Å². The van der Waals surface area contributed by atoms with Crippen LogP contribution in [0.2, 0.25) is 0 Å². The molecule has 3 heterocycles. The van der Waals surface area contributed by atoms with E-state index in [2.05, 4.69) is 35.8 Å². The van der Waals surface area contributed by atoms with Gasteiger partial charge >= 0.3 is 0 Å². The number of fused-ring (bicyclic) bond motifs is 2. The fraction of sp³-hybridized carbons (Fsp3) is 0.545. The van der Waals surface area contributed by atoms with Crippen molar-refractivity contribution in [2.75, 3.05) is 44.4 Å². The summed E-state index contributed by atoms with van der Waals surface area (Å²) in [7, 11) is 0. The summed E-state index contributed by atoms with van der Waals surface area (Å²) < 4.78 is 11.2. The van der Waals surface area contributed by atoms with E-state index in [1.807, 2.05) is 35.2 Å². The lowest BCUT2D eigenvalue weighted by molar-refractivity contribution is -0.134. The Bertz CT molecular complexity index is 1220. The summed E-state index contributed by atoms with van der Waals surface area (Å²) in [5, 5.41) is 7.42. The number of carbonyl (C=O) groups excluding carboxylic acids is 2. The maximum absolute atomic E-state index is 13.5. The smallest absolute Gasteiger partial charge is 0.300 e. The molecule has 0 aliphatic carbocycles. The average molecular weight is 580 g/mol. The summed E-state index contributed by atoms with van der Waals surface area (Å²) in [5.74, 6) is 1.47. The lowest BCUT2D eigenvalue weighted by atomic mass is 9.95. The number of unbranched alkanes of at least 4 members (excludes halogenated alkanes) is 2. The SMILES string of the molecule is CC(=O)O.CCCCN(CCCC)C(=O)CN1CC(c2ccc3c(c2)OCO3)CC1CCN1C(=O)Cc2ccccc21. The molecule has 1 N–H and O–H groups in total. The second-order valence-electron chi connectivity index (χ2n) is 11.4. The van der Waals surface area contributed by atoms with E-state index in [0.29, 0.717) is 25.4 Å². The van der Waals surface area contributed by atoms with Gasteiger partial charge in [-0.1, -0.05) is 51.0 Å². The number of hydrogen-bond acceptors (Lipinski definition) is 6. The fourth-order valence-corrected chi connectivity index (χ4v) is 6.06. The Morgan fingerprint density at radius 1 is 1.02 bits per heavy atom. The maximum atomic E-state index is 13.5. The number of ether oxygens (including phenoxy) is 2. The summed E-state index contributed by atoms with van der Waals surface area (Å²) in [4.78, 5) is 41.7. The molecule has 2 aromatic rings. The van der Waals surface area contributed by atoms with Crippen LogP contribution in [0.4, 0.5) is 5.69 Å². The van der Waals surface area contributed by atoms with Crippen LogP contribution in [0.3, 0.4) is 0 Å². The minimum Gasteiger partial charge on any atom is -0.481 e. The zero-order valence-corrected chi connectivity index (χ0v) is 25.2. The highest BCUT2D eigenvalue weighted by molar-refractivity contribution is 6.01. The first-order valence-corrected chi connectivity index (χ1v) is 15.3. The predicted octanol–water partition coefficient (Wildman–Crippen LogP) is 5.07. The van der Waals surface area contributed by atoms with E-state index < -0.39 is 5.97 Å². The number of benzene rings is 2. The van der Waals surface area contributed by atoms with Crippen molar-refractivity contribution in [1.82, 2.24) is 9.80 Å². The largest absolute Gasteiger partial charge is 0.481 e. The number of para-hydroxylation sites is 1. The number of carboxylic acid groups (broad SMARTS) is 1. The summed E-state index contributed by atoms with van der Waals surface area (Å²) >= 11 is 0. The summed E-state index contributed by atoms with van der Waals surface area (Å²) in [5.41, 5.74) is 3.37. The standard InChI is InChI=1S/C31H41N3O4.C2H4O2/c1-3-5-14-32(15-6-4-2)31(36)21-33-20-25(23-11-12-28-29(18-23)38-22-37-28)17-26(33)13-16-34-27-10-8-7-9-24(27)19-30(34)35;1-2(3)4/h7-12,18,25-26H,3-6,13-17,19-22H2,1-2H3;1H3,(H,3,4). The Labute approximate surface area is 249 Å². The number of nitrogens with zero attached hydrogens (tertiary/aromatic N) is 3. The minimum absolute atomic E-state index is 0.171. The van der Waals surface area contributed by atoms with E-state index in [4.69, 9.17) is 19.4 Å². The van der Waals surface area contributed by atoms with Crippen molar-refractivity contribution in [2.24, 2.45) is 0 Å². The molecule has 3 aliphatic heterocycles. The van der Waals surface area contributed by atoms with E-state index in [1.54, 1.807) is 0 Å². The van der Waals surface area contributed by atoms with Crippen LogP contribution >= 0.6 is 0 Å². The van der Waals surface area contributed by atoms with Gasteiger partial charge in [-0.05, 0) is 60.9 Å². The van der Waals surface area contributed by atoms with Crippen LogP contribution in [0.5, 0.6) is 11.5 Å². The van der Waals surface area contributed by atoms with E-state index in [0.717, 1.165) is 87.8 Å². The van der Waals surface area contributed by atoms with Gasteiger partial charge in [0.2, 0.25) is 18.6 Å². The Kier molecular flexibility index (Phi) is 11.2. The Morgan fingerprint density at radius 3 is 2.43 bits per heavy atom. The van der Waals surface area contributed by atoms with Gasteiger partial charge in [-0.25, -0.2) is 0 Å². The number of amides is 2. The van der Waals surface area contributed by atoms with Crippen LogP contribution < -0.4 is 14.4 Å². The van der Waals surface area contributed by atoms with Crippen LogP contribution in [-0.2, 0) is 20.8 Å². The molecule has 2 aromatic carbocycles. The molecule has 0 spiro atoms. The van der Waals surface area contributed by atoms with Gasteiger partial charge in [0.1, 0.15) is 0 Å². The van der Waals surface area contributed by atoms with Gasteiger partial charge in [-0.15, -0.1) is 0 Å². The number of carbonyl (C=O) groups is 3. The average Bonchev–Trinajstić information content (AvgIpc) is 3.68. The van der Waals surface area contributed by atoms with Crippen LogP contribution in [0.25, 0.3) is 0 Å². The Hall–Kier alpha value is -3.59. The lowest BCUT2D eigenvalue weighted by Gasteiger charge is -2.29. The first-order valence-electron chi connectivity index (χ1n) is 15.3. The predicted molar refractivity (Wildman–Crippen MR) is 162 cm³/mol. The molecule has 42 heavy (non-hydrogen) atoms. The molecule has 1 fully saturated rings. The van der Waals surface area contributed by atoms with Crippen molar-refractivity contribution in [3.8, 4) is 11.5 Å². The lowest BCUT2D eigenvalue weighted by Crippen LogP contribution is -2.44. The zero-order chi connectivity index (χ0) is 30.1. The van der Waals surface area contributed by atoms with Crippen molar-refractivity contribution in [2.45, 2.75) is 77.7 Å². The highest BCUT2D eigenvalue weighted by Gasteiger charge is 2.36. The van der Waals surface area contributed by atoms with E-state index in [-0.39, 0.29) is 24.6 Å². The Balaban J connectivity index is 0.000000952. The molecule has 2 atom stereocenters. The fourth-order valence-electron chi connectivity index (χ4n) is 6.06. The molecule has 0 bridgehead atoms. The van der Waals surface area contributed by atoms with Gasteiger partial charge in [-0.2, -0.15) is 0 Å². The third kappa shape index (κ3) is 8.03. The monoisotopic (exact) mass is 579 g/mol. The number of rotatable bonds is 12. The molecule has 9 heteroatoms. The minimum atomic E-state index is -0.833. The van der Waals surface area contributed by atoms with Gasteiger partial charge < -0.3 is 24.4 Å². The third-order valence-electron chi connectivity index (χ3n) is 8.26. The molecular weight excluding hydrogens is 534 g/mol. The quantitative estimate of drug-likeness (QED) is 0.375. The molecule has 228 valence electrons. The van der Waals surface area contributed by atoms with Crippen LogP contribution in [0.1, 0.15) is 76.3 Å². The van der Waals surface area contributed by atoms with Crippen molar-refractivity contribution in [3.63, 3.8) is 0 Å². The highest BCUT2D eigenvalue weighted by atomic mass is 16.7. The van der Waals surface area contributed by atoms with Crippen molar-refractivity contribution in [3.05, 3.63) is 53.6 Å². The van der Waals surface area contributed by atoms with Crippen LogP contribution in [0.15, 0.2) is 42.5 Å². The Morgan fingerprint density at radius 2 is 1.71 bits per heavy atom. The second kappa shape index (κ2) is 15.0. The number of hydrogen-bond donors (Lipinski definition) is 1. The van der Waals surface area contributed by atoms with Gasteiger partial charge in [-0.3, -0.25) is 19.3 Å². The van der Waals surface area contributed by atoms with E-state index in [9.17, 15) is 9.59 Å². The molecule has 2 amide bonds. The van der Waals surface area contributed by atoms with Gasteiger partial charge in [0.15, 0.2) is 11.5 Å². The maximum Gasteiger partial charge on any atom is 0.300 e. The molecular formula is C33H45N3O6. The summed E-state index contributed by atoms with van der Waals surface area (Å²) in [6.45, 7) is 9.30. The normalized spacial score (nSPS) is 18.9. The molecule has 0 aromatic heterocycles.